The highest BCUT2D eigenvalue weighted by molar-refractivity contribution is 5.82. The van der Waals surface area contributed by atoms with Crippen LogP contribution in [-0.2, 0) is 7.05 Å². The van der Waals surface area contributed by atoms with E-state index in [1.807, 2.05) is 72.3 Å². The van der Waals surface area contributed by atoms with Gasteiger partial charge < -0.3 is 9.84 Å². The molecule has 22 heavy (non-hydrogen) atoms. The van der Waals surface area contributed by atoms with Crippen LogP contribution in [0.15, 0.2) is 54.6 Å². The number of nitrogens with zero attached hydrogens (tertiary/aromatic N) is 1. The predicted octanol–water partition coefficient (Wildman–Crippen LogP) is 3.55. The Bertz CT molecular complexity index is 836. The van der Waals surface area contributed by atoms with Crippen molar-refractivity contribution in [2.75, 3.05) is 7.11 Å². The summed E-state index contributed by atoms with van der Waals surface area (Å²) in [5.74, 6) is 1.14. The van der Waals surface area contributed by atoms with E-state index in [2.05, 4.69) is 0 Å². The van der Waals surface area contributed by atoms with Gasteiger partial charge in [0.1, 0.15) is 12.8 Å². The summed E-state index contributed by atoms with van der Waals surface area (Å²) < 4.78 is 7.15. The SMILES string of the molecule is COc1ccc(C=Cc2ccc3cccc(O)c3[n+]2C)cc1. The van der Waals surface area contributed by atoms with Crippen LogP contribution in [0.3, 0.4) is 0 Å². The molecule has 1 N–H and O–H groups in total. The van der Waals surface area contributed by atoms with Crippen LogP contribution in [0, 0.1) is 0 Å². The van der Waals surface area contributed by atoms with Crippen LogP contribution in [0.4, 0.5) is 0 Å². The van der Waals surface area contributed by atoms with Crippen LogP contribution >= 0.6 is 0 Å². The van der Waals surface area contributed by atoms with Crippen molar-refractivity contribution >= 4 is 23.1 Å². The van der Waals surface area contributed by atoms with E-state index in [1.165, 1.54) is 0 Å². The molecule has 0 bridgehead atoms. The van der Waals surface area contributed by atoms with Crippen molar-refractivity contribution in [3.63, 3.8) is 0 Å². The Morgan fingerprint density at radius 2 is 1.73 bits per heavy atom. The third-order valence-electron chi connectivity index (χ3n) is 3.76. The highest BCUT2D eigenvalue weighted by atomic mass is 16.5. The van der Waals surface area contributed by atoms with E-state index in [9.17, 15) is 5.11 Å². The number of ether oxygens (including phenoxy) is 1. The number of para-hydroxylation sites is 1. The molecule has 0 aliphatic heterocycles. The molecule has 0 saturated heterocycles. The Labute approximate surface area is 129 Å². The molecule has 0 atom stereocenters. The Hall–Kier alpha value is -2.81. The molecule has 3 rings (SSSR count). The number of aromatic hydroxyl groups is 1. The first-order valence-corrected chi connectivity index (χ1v) is 7.12. The van der Waals surface area contributed by atoms with Crippen molar-refractivity contribution in [3.05, 3.63) is 65.9 Å². The molecule has 0 saturated carbocycles. The normalized spacial score (nSPS) is 11.2. The first kappa shape index (κ1) is 14.1. The van der Waals surface area contributed by atoms with Crippen LogP contribution in [0.25, 0.3) is 23.1 Å². The number of hydrogen-bond acceptors (Lipinski definition) is 2. The van der Waals surface area contributed by atoms with E-state index >= 15 is 0 Å². The molecule has 0 radical (unpaired) electrons. The molecule has 1 heterocycles. The number of phenolic OH excluding ortho intramolecular Hbond substituents is 1. The lowest BCUT2D eigenvalue weighted by molar-refractivity contribution is -0.646. The van der Waals surface area contributed by atoms with Crippen molar-refractivity contribution in [1.29, 1.82) is 0 Å². The van der Waals surface area contributed by atoms with Crippen LogP contribution in [0.2, 0.25) is 0 Å². The zero-order chi connectivity index (χ0) is 15.5. The minimum atomic E-state index is 0.291. The summed E-state index contributed by atoms with van der Waals surface area (Å²) in [6.07, 6.45) is 4.08. The van der Waals surface area contributed by atoms with E-state index in [-0.39, 0.29) is 0 Å². The summed E-state index contributed by atoms with van der Waals surface area (Å²) in [6.45, 7) is 0. The van der Waals surface area contributed by atoms with Crippen LogP contribution < -0.4 is 9.30 Å². The van der Waals surface area contributed by atoms with Gasteiger partial charge in [-0.25, -0.2) is 0 Å². The minimum Gasteiger partial charge on any atom is -0.502 e. The first-order valence-electron chi connectivity index (χ1n) is 7.12. The molecule has 1 aromatic heterocycles. The Balaban J connectivity index is 1.98. The zero-order valence-electron chi connectivity index (χ0n) is 12.7. The molecule has 2 aromatic carbocycles. The molecular weight excluding hydrogens is 274 g/mol. The van der Waals surface area contributed by atoms with E-state index in [0.717, 1.165) is 27.9 Å². The maximum absolute atomic E-state index is 10.1. The Morgan fingerprint density at radius 1 is 0.955 bits per heavy atom. The quantitative estimate of drug-likeness (QED) is 0.749. The molecule has 110 valence electrons. The van der Waals surface area contributed by atoms with E-state index in [0.29, 0.717) is 5.75 Å². The Morgan fingerprint density at radius 3 is 2.45 bits per heavy atom. The maximum atomic E-state index is 10.1. The fourth-order valence-corrected chi connectivity index (χ4v) is 2.53. The van der Waals surface area contributed by atoms with Gasteiger partial charge in [-0.3, -0.25) is 0 Å². The average Bonchev–Trinajstić information content (AvgIpc) is 2.55. The van der Waals surface area contributed by atoms with Crippen molar-refractivity contribution in [2.45, 2.75) is 0 Å². The van der Waals surface area contributed by atoms with Gasteiger partial charge in [0.2, 0.25) is 5.69 Å². The molecule has 3 nitrogen and oxygen atoms in total. The molecule has 3 heteroatoms. The molecular formula is C19H18NO2+. The lowest BCUT2D eigenvalue weighted by Crippen LogP contribution is -2.32. The zero-order valence-corrected chi connectivity index (χ0v) is 12.7. The van der Waals surface area contributed by atoms with Gasteiger partial charge in [-0.2, -0.15) is 4.57 Å². The average molecular weight is 292 g/mol. The third kappa shape index (κ3) is 2.66. The highest BCUT2D eigenvalue weighted by Crippen LogP contribution is 2.21. The number of pyridine rings is 1. The minimum absolute atomic E-state index is 0.291. The van der Waals surface area contributed by atoms with Gasteiger partial charge in [-0.15, -0.1) is 0 Å². The van der Waals surface area contributed by atoms with Gasteiger partial charge in [0.05, 0.1) is 12.5 Å². The predicted molar refractivity (Wildman–Crippen MR) is 88.7 cm³/mol. The second kappa shape index (κ2) is 5.90. The molecule has 0 spiro atoms. The lowest BCUT2D eigenvalue weighted by Gasteiger charge is -2.02. The van der Waals surface area contributed by atoms with Gasteiger partial charge in [0.15, 0.2) is 5.75 Å². The summed E-state index contributed by atoms with van der Waals surface area (Å²) in [4.78, 5) is 0. The van der Waals surface area contributed by atoms with Gasteiger partial charge in [0.25, 0.3) is 5.52 Å². The van der Waals surface area contributed by atoms with Crippen molar-refractivity contribution in [3.8, 4) is 11.5 Å². The van der Waals surface area contributed by atoms with E-state index < -0.39 is 0 Å². The van der Waals surface area contributed by atoms with Crippen LogP contribution in [0.5, 0.6) is 11.5 Å². The largest absolute Gasteiger partial charge is 0.502 e. The topological polar surface area (TPSA) is 33.3 Å². The number of fused-ring (bicyclic) bond motifs is 1. The summed E-state index contributed by atoms with van der Waals surface area (Å²) in [5, 5.41) is 11.1. The standard InChI is InChI=1S/C19H17NO2/c1-20-16(10-6-14-7-12-17(22-2)13-8-14)11-9-15-4-3-5-18(21)19(15)20/h3-13H,1-2H3/p+1. The van der Waals surface area contributed by atoms with Crippen LogP contribution in [-0.4, -0.2) is 12.2 Å². The second-order valence-corrected chi connectivity index (χ2v) is 5.14. The van der Waals surface area contributed by atoms with Crippen molar-refractivity contribution < 1.29 is 14.4 Å². The number of benzene rings is 2. The summed E-state index contributed by atoms with van der Waals surface area (Å²) >= 11 is 0. The fourth-order valence-electron chi connectivity index (χ4n) is 2.53. The molecule has 3 aromatic rings. The number of rotatable bonds is 3. The second-order valence-electron chi connectivity index (χ2n) is 5.14. The number of aryl methyl sites for hydroxylation is 1. The summed E-state index contributed by atoms with van der Waals surface area (Å²) in [6, 6.07) is 17.5. The van der Waals surface area contributed by atoms with Gasteiger partial charge in [-0.05, 0) is 42.0 Å². The number of methoxy groups -OCH3 is 1. The summed E-state index contributed by atoms with van der Waals surface area (Å²) in [5.41, 5.74) is 2.95. The van der Waals surface area contributed by atoms with Gasteiger partial charge >= 0.3 is 0 Å². The molecule has 0 amide bonds. The van der Waals surface area contributed by atoms with Crippen molar-refractivity contribution in [2.24, 2.45) is 7.05 Å². The molecule has 0 aliphatic rings. The van der Waals surface area contributed by atoms with Crippen molar-refractivity contribution in [1.82, 2.24) is 0 Å². The van der Waals surface area contributed by atoms with E-state index in [1.54, 1.807) is 13.2 Å². The van der Waals surface area contributed by atoms with Crippen LogP contribution in [0.1, 0.15) is 11.3 Å². The third-order valence-corrected chi connectivity index (χ3v) is 3.76. The summed E-state index contributed by atoms with van der Waals surface area (Å²) in [7, 11) is 3.61. The number of phenols is 1. The number of aromatic nitrogens is 1. The Kier molecular flexibility index (Phi) is 3.79. The highest BCUT2D eigenvalue weighted by Gasteiger charge is 2.13. The molecule has 0 aliphatic carbocycles. The number of hydrogen-bond donors (Lipinski definition) is 1. The first-order chi connectivity index (χ1) is 10.7. The lowest BCUT2D eigenvalue weighted by atomic mass is 10.1. The smallest absolute Gasteiger partial charge is 0.254 e. The molecule has 0 fully saturated rings. The maximum Gasteiger partial charge on any atom is 0.254 e. The molecule has 0 unspecified atom stereocenters. The fraction of sp³-hybridized carbons (Fsp3) is 0.105. The monoisotopic (exact) mass is 292 g/mol. The van der Waals surface area contributed by atoms with Gasteiger partial charge in [0, 0.05) is 12.1 Å². The van der Waals surface area contributed by atoms with Gasteiger partial charge in [-0.1, -0.05) is 18.2 Å². The van der Waals surface area contributed by atoms with E-state index in [4.69, 9.17) is 4.74 Å².